The fourth-order valence-corrected chi connectivity index (χ4v) is 2.91. The van der Waals surface area contributed by atoms with Crippen LogP contribution in [0.5, 0.6) is 0 Å². The lowest BCUT2D eigenvalue weighted by Gasteiger charge is -2.17. The molecule has 0 radical (unpaired) electrons. The Morgan fingerprint density at radius 3 is 2.17 bits per heavy atom. The van der Waals surface area contributed by atoms with Gasteiger partial charge in [0.2, 0.25) is 0 Å². The van der Waals surface area contributed by atoms with E-state index in [1.807, 2.05) is 0 Å². The second-order valence-corrected chi connectivity index (χ2v) is 6.48. The summed E-state index contributed by atoms with van der Waals surface area (Å²) in [5, 5.41) is 6.83. The minimum absolute atomic E-state index is 0.199. The Bertz CT molecular complexity index is 635. The van der Waals surface area contributed by atoms with Crippen molar-refractivity contribution in [1.82, 2.24) is 4.98 Å². The summed E-state index contributed by atoms with van der Waals surface area (Å²) in [6, 6.07) is 1.88. The van der Waals surface area contributed by atoms with E-state index < -0.39 is 36.6 Å². The van der Waals surface area contributed by atoms with Gasteiger partial charge >= 0.3 is 10.1 Å². The van der Waals surface area contributed by atoms with Gasteiger partial charge in [0.05, 0.1) is 6.10 Å². The minimum Gasteiger partial charge on any atom is -0.392 e. The molecule has 102 valence electrons. The molecule has 0 bridgehead atoms. The van der Waals surface area contributed by atoms with Crippen molar-refractivity contribution in [1.29, 1.82) is 0 Å². The first-order chi connectivity index (χ1) is 8.03. The largest absolute Gasteiger partial charge is 0.392 e. The van der Waals surface area contributed by atoms with Gasteiger partial charge in [-0.05, 0) is 24.6 Å². The fraction of sp³-hybridized carbons (Fsp3) is 0.375. The van der Waals surface area contributed by atoms with Crippen LogP contribution in [-0.4, -0.2) is 42.1 Å². The molecule has 8 nitrogen and oxygen atoms in total. The Balaban J connectivity index is 3.41. The Hall–Kier alpha value is -1.07. The molecule has 0 fully saturated rings. The van der Waals surface area contributed by atoms with Gasteiger partial charge in [-0.3, -0.25) is 9.11 Å². The normalized spacial score (nSPS) is 16.2. The average Bonchev–Trinajstić information content (AvgIpc) is 2.13. The van der Waals surface area contributed by atoms with Gasteiger partial charge in [0.25, 0.3) is 10.1 Å². The van der Waals surface area contributed by atoms with Crippen molar-refractivity contribution in [2.75, 3.05) is 0 Å². The standard InChI is InChI=1S/C8H11NO7S2/c1-5(10)8(18(14,15)16)6-2-3-9-7(4-6)17(11,12)13/h2-5,8,10H,1H3,(H,11,12,13)(H,14,15,16). The van der Waals surface area contributed by atoms with Crippen molar-refractivity contribution in [3.63, 3.8) is 0 Å². The maximum atomic E-state index is 11.1. The van der Waals surface area contributed by atoms with Gasteiger partial charge in [-0.15, -0.1) is 0 Å². The maximum Gasteiger partial charge on any atom is 0.312 e. The highest BCUT2D eigenvalue weighted by atomic mass is 32.2. The molecule has 1 aromatic rings. The number of pyridine rings is 1. The number of nitrogens with zero attached hydrogens (tertiary/aromatic N) is 1. The summed E-state index contributed by atoms with van der Waals surface area (Å²) in [6.07, 6.45) is -0.532. The molecule has 3 N–H and O–H groups in total. The van der Waals surface area contributed by atoms with Gasteiger partial charge in [-0.25, -0.2) is 4.98 Å². The van der Waals surface area contributed by atoms with Crippen LogP contribution in [0.3, 0.4) is 0 Å². The zero-order valence-electron chi connectivity index (χ0n) is 9.13. The van der Waals surface area contributed by atoms with Gasteiger partial charge in [-0.2, -0.15) is 16.8 Å². The molecule has 0 saturated heterocycles. The molecule has 0 aliphatic heterocycles. The van der Waals surface area contributed by atoms with Crippen LogP contribution in [-0.2, 0) is 20.2 Å². The van der Waals surface area contributed by atoms with Gasteiger partial charge in [-0.1, -0.05) is 0 Å². The van der Waals surface area contributed by atoms with Crippen molar-refractivity contribution < 1.29 is 31.0 Å². The van der Waals surface area contributed by atoms with Gasteiger partial charge in [0, 0.05) is 6.20 Å². The van der Waals surface area contributed by atoms with E-state index in [-0.39, 0.29) is 5.56 Å². The van der Waals surface area contributed by atoms with Crippen LogP contribution < -0.4 is 0 Å². The predicted octanol–water partition coefficient (Wildman–Crippen LogP) is -0.362. The van der Waals surface area contributed by atoms with Gasteiger partial charge in [0.1, 0.15) is 5.25 Å². The third-order valence-corrected chi connectivity index (χ3v) is 4.17. The molecular formula is C8H11NO7S2. The molecule has 0 aliphatic carbocycles. The van der Waals surface area contributed by atoms with Crippen molar-refractivity contribution in [3.8, 4) is 0 Å². The topological polar surface area (TPSA) is 142 Å². The van der Waals surface area contributed by atoms with Crippen LogP contribution in [0.1, 0.15) is 17.7 Å². The highest BCUT2D eigenvalue weighted by Crippen LogP contribution is 2.26. The molecule has 0 aliphatic rings. The zero-order chi connectivity index (χ0) is 14.1. The van der Waals surface area contributed by atoms with Crippen LogP contribution in [0, 0.1) is 0 Å². The van der Waals surface area contributed by atoms with Gasteiger partial charge in [0.15, 0.2) is 5.03 Å². The molecule has 10 heteroatoms. The van der Waals surface area contributed by atoms with Crippen molar-refractivity contribution in [2.45, 2.75) is 23.3 Å². The summed E-state index contributed by atoms with van der Waals surface area (Å²) >= 11 is 0. The molecule has 0 spiro atoms. The lowest BCUT2D eigenvalue weighted by atomic mass is 10.1. The molecule has 2 atom stereocenters. The summed E-state index contributed by atoms with van der Waals surface area (Å²) in [5.41, 5.74) is -0.199. The number of hydrogen-bond donors (Lipinski definition) is 3. The Morgan fingerprint density at radius 1 is 1.22 bits per heavy atom. The molecule has 2 unspecified atom stereocenters. The third kappa shape index (κ3) is 3.46. The Morgan fingerprint density at radius 2 is 1.78 bits per heavy atom. The van der Waals surface area contributed by atoms with E-state index in [1.54, 1.807) is 0 Å². The second kappa shape index (κ2) is 4.90. The van der Waals surface area contributed by atoms with Crippen LogP contribution in [0.15, 0.2) is 23.4 Å². The van der Waals surface area contributed by atoms with E-state index in [0.29, 0.717) is 0 Å². The van der Waals surface area contributed by atoms with E-state index in [2.05, 4.69) is 4.98 Å². The van der Waals surface area contributed by atoms with E-state index in [4.69, 9.17) is 9.11 Å². The summed E-state index contributed by atoms with van der Waals surface area (Å²) in [7, 11) is -9.23. The molecule has 0 aromatic carbocycles. The summed E-state index contributed by atoms with van der Waals surface area (Å²) < 4.78 is 61.6. The zero-order valence-corrected chi connectivity index (χ0v) is 10.8. The number of aliphatic hydroxyl groups is 1. The highest BCUT2D eigenvalue weighted by Gasteiger charge is 2.31. The highest BCUT2D eigenvalue weighted by molar-refractivity contribution is 7.86. The summed E-state index contributed by atoms with van der Waals surface area (Å²) in [5.74, 6) is 0. The van der Waals surface area contributed by atoms with E-state index in [0.717, 1.165) is 25.3 Å². The van der Waals surface area contributed by atoms with E-state index in [1.165, 1.54) is 0 Å². The Kier molecular flexibility index (Phi) is 4.08. The van der Waals surface area contributed by atoms with Crippen LogP contribution in [0.2, 0.25) is 0 Å². The SMILES string of the molecule is CC(O)C(c1ccnc(S(=O)(=O)O)c1)S(=O)(=O)O. The summed E-state index contributed by atoms with van der Waals surface area (Å²) in [4.78, 5) is 3.34. The Labute approximate surface area is 104 Å². The number of hydrogen-bond acceptors (Lipinski definition) is 6. The van der Waals surface area contributed by atoms with Crippen LogP contribution in [0.4, 0.5) is 0 Å². The number of aliphatic hydroxyl groups excluding tert-OH is 1. The predicted molar refractivity (Wildman–Crippen MR) is 60.0 cm³/mol. The smallest absolute Gasteiger partial charge is 0.312 e. The fourth-order valence-electron chi connectivity index (χ4n) is 1.44. The molecular weight excluding hydrogens is 286 g/mol. The first-order valence-corrected chi connectivity index (χ1v) is 7.55. The molecule has 1 aromatic heterocycles. The first-order valence-electron chi connectivity index (χ1n) is 4.61. The first kappa shape index (κ1) is 15.0. The number of rotatable bonds is 4. The molecule has 0 saturated carbocycles. The minimum atomic E-state index is -4.63. The maximum absolute atomic E-state index is 11.1. The quantitative estimate of drug-likeness (QED) is 0.639. The monoisotopic (exact) mass is 297 g/mol. The second-order valence-electron chi connectivity index (χ2n) is 3.58. The average molecular weight is 297 g/mol. The van der Waals surface area contributed by atoms with Crippen molar-refractivity contribution in [2.24, 2.45) is 0 Å². The number of aromatic nitrogens is 1. The molecule has 1 heterocycles. The van der Waals surface area contributed by atoms with E-state index in [9.17, 15) is 21.9 Å². The molecule has 0 amide bonds. The molecule has 18 heavy (non-hydrogen) atoms. The van der Waals surface area contributed by atoms with Crippen molar-refractivity contribution >= 4 is 20.2 Å². The lowest BCUT2D eigenvalue weighted by molar-refractivity contribution is 0.184. The molecule has 1 rings (SSSR count). The van der Waals surface area contributed by atoms with Crippen molar-refractivity contribution in [3.05, 3.63) is 23.9 Å². The van der Waals surface area contributed by atoms with Crippen LogP contribution >= 0.6 is 0 Å². The third-order valence-electron chi connectivity index (χ3n) is 2.11. The van der Waals surface area contributed by atoms with E-state index >= 15 is 0 Å². The van der Waals surface area contributed by atoms with Crippen LogP contribution in [0.25, 0.3) is 0 Å². The lowest BCUT2D eigenvalue weighted by Crippen LogP contribution is -2.23. The summed E-state index contributed by atoms with van der Waals surface area (Å²) in [6.45, 7) is 1.12. The van der Waals surface area contributed by atoms with Gasteiger partial charge < -0.3 is 5.11 Å².